The molecular formula is C15H24N2O2. The predicted octanol–water partition coefficient (Wildman–Crippen LogP) is 2.51. The van der Waals surface area contributed by atoms with Crippen LogP contribution in [0.3, 0.4) is 0 Å². The van der Waals surface area contributed by atoms with Gasteiger partial charge in [-0.2, -0.15) is 0 Å². The molecule has 0 saturated heterocycles. The van der Waals surface area contributed by atoms with Gasteiger partial charge in [-0.15, -0.1) is 0 Å². The molecule has 1 unspecified atom stereocenters. The second-order valence-electron chi connectivity index (χ2n) is 5.53. The Bertz CT molecular complexity index is 442. The molecule has 1 aromatic rings. The van der Waals surface area contributed by atoms with Gasteiger partial charge in [-0.05, 0) is 42.0 Å². The Morgan fingerprint density at radius 1 is 1.21 bits per heavy atom. The number of amides is 1. The molecule has 4 nitrogen and oxygen atoms in total. The number of carbonyl (C=O) groups is 1. The first-order chi connectivity index (χ1) is 8.85. The van der Waals surface area contributed by atoms with E-state index in [9.17, 15) is 4.79 Å². The van der Waals surface area contributed by atoms with Gasteiger partial charge in [0.15, 0.2) is 6.10 Å². The van der Waals surface area contributed by atoms with Gasteiger partial charge < -0.3 is 4.74 Å². The third-order valence-electron chi connectivity index (χ3n) is 3.01. The Balaban J connectivity index is 2.99. The Labute approximate surface area is 115 Å². The lowest BCUT2D eigenvalue weighted by Crippen LogP contribution is -2.44. The van der Waals surface area contributed by atoms with Crippen LogP contribution in [0.2, 0.25) is 0 Å². The van der Waals surface area contributed by atoms with E-state index < -0.39 is 6.10 Å². The third kappa shape index (κ3) is 4.24. The minimum Gasteiger partial charge on any atom is -0.480 e. The Hall–Kier alpha value is -1.55. The minimum atomic E-state index is -0.577. The minimum absolute atomic E-state index is 0.0477. The van der Waals surface area contributed by atoms with Crippen molar-refractivity contribution in [2.45, 2.75) is 46.6 Å². The maximum absolute atomic E-state index is 11.7. The van der Waals surface area contributed by atoms with E-state index >= 15 is 0 Å². The van der Waals surface area contributed by atoms with Crippen LogP contribution >= 0.6 is 0 Å². The fraction of sp³-hybridized carbons (Fsp3) is 0.533. The second kappa shape index (κ2) is 6.57. The van der Waals surface area contributed by atoms with Gasteiger partial charge in [-0.1, -0.05) is 33.8 Å². The van der Waals surface area contributed by atoms with Crippen LogP contribution in [0.25, 0.3) is 0 Å². The van der Waals surface area contributed by atoms with Crippen LogP contribution in [0.15, 0.2) is 18.2 Å². The third-order valence-corrected chi connectivity index (χ3v) is 3.01. The van der Waals surface area contributed by atoms with Crippen LogP contribution in [-0.4, -0.2) is 12.0 Å². The number of carbonyl (C=O) groups excluding carboxylic acids is 1. The van der Waals surface area contributed by atoms with Crippen molar-refractivity contribution in [1.82, 2.24) is 5.43 Å². The fourth-order valence-electron chi connectivity index (χ4n) is 1.90. The number of nitrogens with two attached hydrogens (primary N) is 1. The van der Waals surface area contributed by atoms with Gasteiger partial charge in [-0.25, -0.2) is 5.84 Å². The van der Waals surface area contributed by atoms with Crippen molar-refractivity contribution in [2.75, 3.05) is 0 Å². The van der Waals surface area contributed by atoms with Gasteiger partial charge in [0.25, 0.3) is 5.91 Å². The van der Waals surface area contributed by atoms with E-state index in [-0.39, 0.29) is 11.8 Å². The number of ether oxygens (including phenoxy) is 1. The number of hydrazine groups is 1. The summed E-state index contributed by atoms with van der Waals surface area (Å²) in [6.07, 6.45) is -0.577. The highest BCUT2D eigenvalue weighted by molar-refractivity contribution is 5.80. The van der Waals surface area contributed by atoms with E-state index in [0.717, 1.165) is 5.56 Å². The molecule has 0 aliphatic carbocycles. The molecule has 106 valence electrons. The van der Waals surface area contributed by atoms with E-state index in [1.165, 1.54) is 5.56 Å². The Morgan fingerprint density at radius 2 is 1.84 bits per heavy atom. The van der Waals surface area contributed by atoms with Gasteiger partial charge in [0, 0.05) is 0 Å². The van der Waals surface area contributed by atoms with Gasteiger partial charge in [0.1, 0.15) is 5.75 Å². The first-order valence-electron chi connectivity index (χ1n) is 6.63. The van der Waals surface area contributed by atoms with Crippen molar-refractivity contribution in [3.05, 3.63) is 29.3 Å². The number of aryl methyl sites for hydroxylation is 1. The zero-order chi connectivity index (χ0) is 14.6. The Morgan fingerprint density at radius 3 is 2.32 bits per heavy atom. The standard InChI is InChI=1S/C15H24N2O2/c1-9(2)12-6-11(5)7-13(8-12)19-14(10(3)4)15(18)17-16/h6-10,14H,16H2,1-5H3,(H,17,18). The van der Waals surface area contributed by atoms with Crippen molar-refractivity contribution in [2.24, 2.45) is 11.8 Å². The van der Waals surface area contributed by atoms with Crippen LogP contribution in [-0.2, 0) is 4.79 Å². The summed E-state index contributed by atoms with van der Waals surface area (Å²) >= 11 is 0. The van der Waals surface area contributed by atoms with E-state index in [0.29, 0.717) is 11.7 Å². The van der Waals surface area contributed by atoms with E-state index in [2.05, 4.69) is 25.3 Å². The van der Waals surface area contributed by atoms with Crippen molar-refractivity contribution in [3.8, 4) is 5.75 Å². The summed E-state index contributed by atoms with van der Waals surface area (Å²) in [4.78, 5) is 11.7. The van der Waals surface area contributed by atoms with Gasteiger partial charge in [0.2, 0.25) is 0 Å². The second-order valence-corrected chi connectivity index (χ2v) is 5.53. The van der Waals surface area contributed by atoms with Crippen LogP contribution in [0.4, 0.5) is 0 Å². The normalized spacial score (nSPS) is 12.6. The molecule has 0 saturated carbocycles. The predicted molar refractivity (Wildman–Crippen MR) is 76.9 cm³/mol. The molecule has 1 aromatic carbocycles. The summed E-state index contributed by atoms with van der Waals surface area (Å²) < 4.78 is 5.81. The summed E-state index contributed by atoms with van der Waals surface area (Å²) in [6, 6.07) is 6.05. The lowest BCUT2D eigenvalue weighted by atomic mass is 10.0. The first kappa shape index (κ1) is 15.5. The van der Waals surface area contributed by atoms with Crippen LogP contribution in [0.1, 0.15) is 44.7 Å². The van der Waals surface area contributed by atoms with Crippen LogP contribution in [0.5, 0.6) is 5.75 Å². The smallest absolute Gasteiger partial charge is 0.275 e. The molecule has 0 fully saturated rings. The number of hydrogen-bond acceptors (Lipinski definition) is 3. The maximum atomic E-state index is 11.7. The largest absolute Gasteiger partial charge is 0.480 e. The molecule has 0 bridgehead atoms. The topological polar surface area (TPSA) is 64.3 Å². The number of benzene rings is 1. The molecule has 0 aromatic heterocycles. The molecule has 1 atom stereocenters. The molecular weight excluding hydrogens is 240 g/mol. The van der Waals surface area contributed by atoms with Crippen molar-refractivity contribution in [3.63, 3.8) is 0 Å². The summed E-state index contributed by atoms with van der Waals surface area (Å²) in [5.41, 5.74) is 4.48. The Kier molecular flexibility index (Phi) is 5.36. The van der Waals surface area contributed by atoms with Gasteiger partial charge in [-0.3, -0.25) is 10.2 Å². The number of rotatable bonds is 5. The quantitative estimate of drug-likeness (QED) is 0.488. The monoisotopic (exact) mass is 264 g/mol. The zero-order valence-electron chi connectivity index (χ0n) is 12.4. The van der Waals surface area contributed by atoms with Gasteiger partial charge in [0.05, 0.1) is 0 Å². The highest BCUT2D eigenvalue weighted by atomic mass is 16.5. The average Bonchev–Trinajstić information content (AvgIpc) is 2.34. The average molecular weight is 264 g/mol. The van der Waals surface area contributed by atoms with E-state index in [1.54, 1.807) is 0 Å². The van der Waals surface area contributed by atoms with Crippen LogP contribution < -0.4 is 16.0 Å². The summed E-state index contributed by atoms with van der Waals surface area (Å²) in [6.45, 7) is 10.1. The number of nitrogens with one attached hydrogen (secondary N) is 1. The van der Waals surface area contributed by atoms with E-state index in [4.69, 9.17) is 10.6 Å². The molecule has 19 heavy (non-hydrogen) atoms. The molecule has 0 aliphatic heterocycles. The molecule has 1 amide bonds. The summed E-state index contributed by atoms with van der Waals surface area (Å²) in [5.74, 6) is 6.07. The highest BCUT2D eigenvalue weighted by Crippen LogP contribution is 2.24. The molecule has 4 heteroatoms. The molecule has 0 aliphatic rings. The molecule has 3 N–H and O–H groups in total. The van der Waals surface area contributed by atoms with E-state index in [1.807, 2.05) is 32.9 Å². The first-order valence-corrected chi connectivity index (χ1v) is 6.63. The molecule has 0 heterocycles. The maximum Gasteiger partial charge on any atom is 0.275 e. The SMILES string of the molecule is Cc1cc(OC(C(=O)NN)C(C)C)cc(C(C)C)c1. The van der Waals surface area contributed by atoms with Crippen molar-refractivity contribution >= 4 is 5.91 Å². The van der Waals surface area contributed by atoms with Crippen molar-refractivity contribution in [1.29, 1.82) is 0 Å². The zero-order valence-corrected chi connectivity index (χ0v) is 12.4. The highest BCUT2D eigenvalue weighted by Gasteiger charge is 2.23. The lowest BCUT2D eigenvalue weighted by Gasteiger charge is -2.21. The number of hydrogen-bond donors (Lipinski definition) is 2. The van der Waals surface area contributed by atoms with Crippen LogP contribution in [0, 0.1) is 12.8 Å². The molecule has 1 rings (SSSR count). The van der Waals surface area contributed by atoms with Crippen molar-refractivity contribution < 1.29 is 9.53 Å². The lowest BCUT2D eigenvalue weighted by molar-refractivity contribution is -0.129. The van der Waals surface area contributed by atoms with Gasteiger partial charge >= 0.3 is 0 Å². The fourth-order valence-corrected chi connectivity index (χ4v) is 1.90. The summed E-state index contributed by atoms with van der Waals surface area (Å²) in [7, 11) is 0. The molecule has 0 spiro atoms. The summed E-state index contributed by atoms with van der Waals surface area (Å²) in [5, 5.41) is 0. The molecule has 0 radical (unpaired) electrons.